The van der Waals surface area contributed by atoms with Crippen LogP contribution in [0.3, 0.4) is 0 Å². The highest BCUT2D eigenvalue weighted by atomic mass is 32.2. The van der Waals surface area contributed by atoms with Crippen molar-refractivity contribution in [3.63, 3.8) is 0 Å². The topological polar surface area (TPSA) is 23.5 Å². The highest BCUT2D eigenvalue weighted by Crippen LogP contribution is 1.99. The Morgan fingerprint density at radius 1 is 1.38 bits per heavy atom. The molecule has 48 valence electrons. The van der Waals surface area contributed by atoms with Gasteiger partial charge in [0.2, 0.25) is 0 Å². The Hall–Kier alpha value is 0.270. The number of nitrogens with zero attached hydrogens (tertiary/aromatic N) is 1. The zero-order chi connectivity index (χ0) is 5.98. The van der Waals surface area contributed by atoms with Crippen LogP contribution in [0.4, 0.5) is 0 Å². The first-order valence-corrected chi connectivity index (χ1v) is 4.36. The van der Waals surface area contributed by atoms with Gasteiger partial charge in [-0.2, -0.15) is 4.55 Å². The van der Waals surface area contributed by atoms with Crippen LogP contribution in [-0.2, 0) is 11.2 Å². The molecule has 1 aliphatic rings. The van der Waals surface area contributed by atoms with Crippen molar-refractivity contribution in [3.05, 3.63) is 0 Å². The minimum atomic E-state index is -0.253. The normalized spacial score (nSPS) is 26.2. The van der Waals surface area contributed by atoms with Gasteiger partial charge >= 0.3 is 0 Å². The molecule has 2 nitrogen and oxygen atoms in total. The van der Waals surface area contributed by atoms with E-state index < -0.39 is 0 Å². The third-order valence-corrected chi connectivity index (χ3v) is 2.72. The lowest BCUT2D eigenvalue weighted by atomic mass is 10.6. The fourth-order valence-corrected chi connectivity index (χ4v) is 1.99. The second kappa shape index (κ2) is 2.71. The molecule has 3 heteroatoms. The first-order chi connectivity index (χ1) is 3.79. The number of hydrogen-bond acceptors (Lipinski definition) is 2. The van der Waals surface area contributed by atoms with E-state index in [9.17, 15) is 0 Å². The molecule has 0 unspecified atom stereocenters. The van der Waals surface area contributed by atoms with Gasteiger partial charge in [-0.25, -0.2) is 0 Å². The monoisotopic (exact) mass is 134 g/mol. The Morgan fingerprint density at radius 3 is 2.25 bits per heavy atom. The molecule has 0 aromatic carbocycles. The SMILES string of the molecule is CN1CC[S+](O)CC1. The minimum absolute atomic E-state index is 0.253. The molecule has 1 rings (SSSR count). The molecular formula is C5H12NOS+. The zero-order valence-electron chi connectivity index (χ0n) is 5.13. The van der Waals surface area contributed by atoms with Gasteiger partial charge in [0.1, 0.15) is 11.2 Å². The Balaban J connectivity index is 2.19. The zero-order valence-corrected chi connectivity index (χ0v) is 5.95. The summed E-state index contributed by atoms with van der Waals surface area (Å²) < 4.78 is 9.03. The van der Waals surface area contributed by atoms with Gasteiger partial charge in [-0.05, 0) is 7.05 Å². The fourth-order valence-electron chi connectivity index (χ4n) is 0.736. The van der Waals surface area contributed by atoms with Crippen molar-refractivity contribution in [2.45, 2.75) is 0 Å². The van der Waals surface area contributed by atoms with Crippen LogP contribution >= 0.6 is 0 Å². The predicted molar refractivity (Wildman–Crippen MR) is 37.2 cm³/mol. The summed E-state index contributed by atoms with van der Waals surface area (Å²) in [5, 5.41) is 0. The van der Waals surface area contributed by atoms with E-state index in [1.165, 1.54) is 0 Å². The maximum atomic E-state index is 9.03. The van der Waals surface area contributed by atoms with Crippen molar-refractivity contribution in [2.75, 3.05) is 31.6 Å². The second-order valence-corrected chi connectivity index (χ2v) is 3.91. The quantitative estimate of drug-likeness (QED) is 0.472. The van der Waals surface area contributed by atoms with Crippen LogP contribution in [0.15, 0.2) is 0 Å². The molecule has 0 saturated carbocycles. The van der Waals surface area contributed by atoms with E-state index >= 15 is 0 Å². The first-order valence-electron chi connectivity index (χ1n) is 2.84. The highest BCUT2D eigenvalue weighted by molar-refractivity contribution is 7.91. The van der Waals surface area contributed by atoms with Crippen LogP contribution in [0.2, 0.25) is 0 Å². The second-order valence-electron chi connectivity index (χ2n) is 2.17. The molecule has 0 aliphatic carbocycles. The Kier molecular flexibility index (Phi) is 2.16. The maximum absolute atomic E-state index is 9.03. The molecule has 0 radical (unpaired) electrons. The predicted octanol–water partition coefficient (Wildman–Crippen LogP) is 0.0231. The lowest BCUT2D eigenvalue weighted by molar-refractivity contribution is 0.362. The highest BCUT2D eigenvalue weighted by Gasteiger charge is 2.21. The van der Waals surface area contributed by atoms with Gasteiger partial charge in [0.05, 0.1) is 0 Å². The van der Waals surface area contributed by atoms with E-state index in [1.807, 2.05) is 0 Å². The van der Waals surface area contributed by atoms with Crippen LogP contribution < -0.4 is 0 Å². The Morgan fingerprint density at radius 2 is 1.88 bits per heavy atom. The Labute approximate surface area is 53.0 Å². The van der Waals surface area contributed by atoms with Gasteiger partial charge in [-0.3, -0.25) is 4.90 Å². The molecule has 0 atom stereocenters. The van der Waals surface area contributed by atoms with Gasteiger partial charge in [0.15, 0.2) is 11.5 Å². The van der Waals surface area contributed by atoms with Crippen molar-refractivity contribution in [1.29, 1.82) is 0 Å². The molecular weight excluding hydrogens is 122 g/mol. The van der Waals surface area contributed by atoms with Gasteiger partial charge in [0, 0.05) is 13.1 Å². The van der Waals surface area contributed by atoms with Crippen LogP contribution in [0.25, 0.3) is 0 Å². The van der Waals surface area contributed by atoms with E-state index in [4.69, 9.17) is 4.55 Å². The summed E-state index contributed by atoms with van der Waals surface area (Å²) in [4.78, 5) is 2.25. The van der Waals surface area contributed by atoms with E-state index in [-0.39, 0.29) is 11.2 Å². The molecule has 1 saturated heterocycles. The summed E-state index contributed by atoms with van der Waals surface area (Å²) >= 11 is -0.253. The summed E-state index contributed by atoms with van der Waals surface area (Å²) in [7, 11) is 2.09. The van der Waals surface area contributed by atoms with Gasteiger partial charge in [0.25, 0.3) is 0 Å². The lowest BCUT2D eigenvalue weighted by Gasteiger charge is -2.18. The maximum Gasteiger partial charge on any atom is 0.153 e. The average molecular weight is 134 g/mol. The number of hydrogen-bond donors (Lipinski definition) is 1. The lowest BCUT2D eigenvalue weighted by Crippen LogP contribution is -2.37. The van der Waals surface area contributed by atoms with Crippen molar-refractivity contribution in [2.24, 2.45) is 0 Å². The van der Waals surface area contributed by atoms with E-state index in [2.05, 4.69) is 11.9 Å². The van der Waals surface area contributed by atoms with Crippen LogP contribution in [0.1, 0.15) is 0 Å². The molecule has 0 spiro atoms. The molecule has 1 aliphatic heterocycles. The summed E-state index contributed by atoms with van der Waals surface area (Å²) in [6.07, 6.45) is 0. The van der Waals surface area contributed by atoms with Gasteiger partial charge in [-0.15, -0.1) is 0 Å². The van der Waals surface area contributed by atoms with E-state index in [1.54, 1.807) is 0 Å². The molecule has 1 heterocycles. The van der Waals surface area contributed by atoms with E-state index in [0.29, 0.717) is 0 Å². The molecule has 0 amide bonds. The summed E-state index contributed by atoms with van der Waals surface area (Å²) in [5.74, 6) is 1.97. The minimum Gasteiger partial charge on any atom is -0.297 e. The van der Waals surface area contributed by atoms with Crippen molar-refractivity contribution in [1.82, 2.24) is 4.90 Å². The van der Waals surface area contributed by atoms with Crippen LogP contribution in [0, 0.1) is 0 Å². The van der Waals surface area contributed by atoms with Crippen LogP contribution in [-0.4, -0.2) is 41.1 Å². The Bertz CT molecular complexity index is 60.8. The smallest absolute Gasteiger partial charge is 0.153 e. The first kappa shape index (κ1) is 6.39. The summed E-state index contributed by atoms with van der Waals surface area (Å²) in [6.45, 7) is 2.14. The molecule has 0 aromatic heterocycles. The van der Waals surface area contributed by atoms with Crippen molar-refractivity contribution < 1.29 is 4.55 Å². The van der Waals surface area contributed by atoms with Gasteiger partial charge < -0.3 is 0 Å². The van der Waals surface area contributed by atoms with E-state index in [0.717, 1.165) is 24.6 Å². The average Bonchev–Trinajstić information content (AvgIpc) is 1.77. The summed E-state index contributed by atoms with van der Waals surface area (Å²) in [6, 6.07) is 0. The van der Waals surface area contributed by atoms with Crippen molar-refractivity contribution in [3.8, 4) is 0 Å². The molecule has 8 heavy (non-hydrogen) atoms. The molecule has 1 N–H and O–H groups in total. The van der Waals surface area contributed by atoms with Crippen LogP contribution in [0.5, 0.6) is 0 Å². The van der Waals surface area contributed by atoms with Crippen molar-refractivity contribution >= 4 is 11.2 Å². The summed E-state index contributed by atoms with van der Waals surface area (Å²) in [5.41, 5.74) is 0. The number of rotatable bonds is 0. The fraction of sp³-hybridized carbons (Fsp3) is 1.00. The standard InChI is InChI=1S/C5H12NOS/c1-6-2-4-8(7)5-3-6/h7H,2-5H2,1H3/q+1. The van der Waals surface area contributed by atoms with Gasteiger partial charge in [-0.1, -0.05) is 0 Å². The third-order valence-electron chi connectivity index (χ3n) is 1.42. The molecule has 0 aromatic rings. The molecule has 0 bridgehead atoms. The largest absolute Gasteiger partial charge is 0.297 e. The third kappa shape index (κ3) is 1.65. The molecule has 1 fully saturated rings.